The largest absolute Gasteiger partial charge is 0.312 e. The fraction of sp³-hybridized carbons (Fsp3) is 0.0476. The van der Waals surface area contributed by atoms with Crippen LogP contribution in [0, 0.1) is 20.2 Å². The van der Waals surface area contributed by atoms with Crippen LogP contribution in [0.2, 0.25) is 0 Å². The zero-order valence-corrected chi connectivity index (χ0v) is 18.3. The minimum atomic E-state index is -0.483. The van der Waals surface area contributed by atoms with Crippen LogP contribution in [-0.2, 0) is 6.54 Å². The molecule has 2 heterocycles. The molecule has 1 N–H and O–H groups in total. The van der Waals surface area contributed by atoms with Crippen molar-refractivity contribution in [3.63, 3.8) is 0 Å². The summed E-state index contributed by atoms with van der Waals surface area (Å²) >= 11 is 2.00. The molecule has 166 valence electrons. The molecule has 12 heteroatoms. The third-order valence-electron chi connectivity index (χ3n) is 4.66. The number of nitrogens with one attached hydrogen (secondary N) is 1. The molecule has 0 aliphatic heterocycles. The lowest BCUT2D eigenvalue weighted by molar-refractivity contribution is -0.384. The third-order valence-corrected chi connectivity index (χ3v) is 6.45. The molecule has 5 rings (SSSR count). The van der Waals surface area contributed by atoms with E-state index in [1.165, 1.54) is 30.3 Å². The van der Waals surface area contributed by atoms with Crippen molar-refractivity contribution in [1.29, 1.82) is 0 Å². The Morgan fingerprint density at radius 2 is 1.45 bits per heavy atom. The van der Waals surface area contributed by atoms with E-state index < -0.39 is 9.85 Å². The Morgan fingerprint density at radius 1 is 0.818 bits per heavy atom. The highest BCUT2D eigenvalue weighted by molar-refractivity contribution is 7.16. The predicted molar refractivity (Wildman–Crippen MR) is 127 cm³/mol. The van der Waals surface area contributed by atoms with Gasteiger partial charge in [0.1, 0.15) is 0 Å². The monoisotopic (exact) mass is 482 g/mol. The van der Waals surface area contributed by atoms with E-state index in [-0.39, 0.29) is 21.1 Å². The lowest BCUT2D eigenvalue weighted by atomic mass is 10.2. The summed E-state index contributed by atoms with van der Waals surface area (Å²) in [6.07, 6.45) is 0. The third kappa shape index (κ3) is 4.86. The highest BCUT2D eigenvalue weighted by Crippen LogP contribution is 2.24. The maximum absolute atomic E-state index is 12.0. The quantitative estimate of drug-likeness (QED) is 0.295. The number of aromatic amines is 1. The zero-order valence-electron chi connectivity index (χ0n) is 16.7. The van der Waals surface area contributed by atoms with E-state index in [1.54, 1.807) is 10.6 Å². The highest BCUT2D eigenvalue weighted by Gasteiger charge is 2.12. The molecular weight excluding hydrogens is 468 g/mol. The molecule has 5 aromatic rings. The Morgan fingerprint density at radius 3 is 2.12 bits per heavy atom. The number of aromatic nitrogens is 2. The van der Waals surface area contributed by atoms with E-state index in [1.807, 2.05) is 30.3 Å². The van der Waals surface area contributed by atoms with Crippen molar-refractivity contribution in [2.24, 2.45) is 0 Å². The first-order chi connectivity index (χ1) is 15.8. The van der Waals surface area contributed by atoms with Crippen molar-refractivity contribution in [1.82, 2.24) is 9.55 Å². The fourth-order valence-corrected chi connectivity index (χ4v) is 4.83. The molecule has 0 spiro atoms. The lowest BCUT2D eigenvalue weighted by Crippen LogP contribution is -2.13. The van der Waals surface area contributed by atoms with Crippen LogP contribution < -0.4 is 9.75 Å². The van der Waals surface area contributed by atoms with Crippen LogP contribution >= 0.6 is 22.7 Å². The summed E-state index contributed by atoms with van der Waals surface area (Å²) in [5.41, 5.74) is 2.40. The Bertz CT molecular complexity index is 1600. The number of H-pyrrole nitrogens is 1. The number of hydrogen-bond acceptors (Lipinski definition) is 8. The van der Waals surface area contributed by atoms with Gasteiger partial charge in [-0.1, -0.05) is 53.0 Å². The van der Waals surface area contributed by atoms with Crippen molar-refractivity contribution < 1.29 is 9.85 Å². The van der Waals surface area contributed by atoms with Crippen LogP contribution in [0.4, 0.5) is 11.4 Å². The van der Waals surface area contributed by atoms with Gasteiger partial charge >= 0.3 is 9.75 Å². The van der Waals surface area contributed by atoms with Crippen molar-refractivity contribution in [3.8, 4) is 0 Å². The van der Waals surface area contributed by atoms with Gasteiger partial charge < -0.3 is 4.98 Å². The van der Waals surface area contributed by atoms with E-state index in [4.69, 9.17) is 0 Å². The molecule has 0 unspecified atom stereocenters. The van der Waals surface area contributed by atoms with Gasteiger partial charge in [-0.15, -0.1) is 0 Å². The Labute approximate surface area is 192 Å². The molecular formula is C21H14N4O6S2. The molecule has 0 radical (unpaired) electrons. The minimum Gasteiger partial charge on any atom is -0.312 e. The van der Waals surface area contributed by atoms with Gasteiger partial charge in [0.15, 0.2) is 0 Å². The number of nitrogens with zero attached hydrogens (tertiary/aromatic N) is 3. The average molecular weight is 482 g/mol. The zero-order chi connectivity index (χ0) is 23.5. The lowest BCUT2D eigenvalue weighted by Gasteiger charge is -2.03. The number of nitro groups is 2. The van der Waals surface area contributed by atoms with Crippen LogP contribution in [0.25, 0.3) is 20.4 Å². The van der Waals surface area contributed by atoms with Crippen LogP contribution in [-0.4, -0.2) is 19.4 Å². The fourth-order valence-electron chi connectivity index (χ4n) is 3.13. The summed E-state index contributed by atoms with van der Waals surface area (Å²) < 4.78 is 2.89. The summed E-state index contributed by atoms with van der Waals surface area (Å²) in [4.78, 5) is 45.3. The van der Waals surface area contributed by atoms with Gasteiger partial charge in [-0.2, -0.15) is 0 Å². The standard InChI is InChI=1S/C14H10N2O3S.C7H4N2O3S/c17-14-15(9-10-4-2-1-3-5-10)12-7-6-11(16(18)19)8-13(12)20-14;10-7-8-5-2-1-4(9(11)12)3-6(5)13-7/h1-8H,9H2;1-3H,(H,8,10). The number of non-ortho nitro benzene ring substituents is 2. The maximum atomic E-state index is 12.0. The molecule has 0 saturated heterocycles. The van der Waals surface area contributed by atoms with Crippen LogP contribution in [0.1, 0.15) is 5.56 Å². The molecule has 0 bridgehead atoms. The molecule has 2 aromatic heterocycles. The normalized spacial score (nSPS) is 10.7. The van der Waals surface area contributed by atoms with Crippen LogP contribution in [0.3, 0.4) is 0 Å². The molecule has 0 fully saturated rings. The van der Waals surface area contributed by atoms with Crippen LogP contribution in [0.15, 0.2) is 76.3 Å². The molecule has 33 heavy (non-hydrogen) atoms. The molecule has 10 nitrogen and oxygen atoms in total. The Hall–Kier alpha value is -4.16. The van der Waals surface area contributed by atoms with Gasteiger partial charge in [-0.25, -0.2) is 0 Å². The predicted octanol–water partition coefficient (Wildman–Crippen LogP) is 4.52. The number of hydrogen-bond donors (Lipinski definition) is 1. The smallest absolute Gasteiger partial charge is 0.308 e. The highest BCUT2D eigenvalue weighted by atomic mass is 32.1. The molecule has 0 amide bonds. The summed E-state index contributed by atoms with van der Waals surface area (Å²) in [6, 6.07) is 18.4. The molecule has 0 aliphatic rings. The van der Waals surface area contributed by atoms with E-state index in [9.17, 15) is 29.8 Å². The van der Waals surface area contributed by atoms with Crippen LogP contribution in [0.5, 0.6) is 0 Å². The molecule has 3 aromatic carbocycles. The number of nitro benzene ring substituents is 2. The summed E-state index contributed by atoms with van der Waals surface area (Å²) in [7, 11) is 0. The first kappa shape index (κ1) is 22.0. The second kappa shape index (κ2) is 9.14. The maximum Gasteiger partial charge on any atom is 0.308 e. The van der Waals surface area contributed by atoms with Crippen molar-refractivity contribution in [2.45, 2.75) is 6.54 Å². The number of rotatable bonds is 4. The van der Waals surface area contributed by atoms with E-state index in [0.717, 1.165) is 33.8 Å². The summed E-state index contributed by atoms with van der Waals surface area (Å²) in [5, 5.41) is 21.1. The molecule has 0 atom stereocenters. The summed E-state index contributed by atoms with van der Waals surface area (Å²) in [6.45, 7) is 0.470. The summed E-state index contributed by atoms with van der Waals surface area (Å²) in [5.74, 6) is 0. The van der Waals surface area contributed by atoms with Gasteiger partial charge in [-0.05, 0) is 17.7 Å². The Kier molecular flexibility index (Phi) is 6.11. The van der Waals surface area contributed by atoms with E-state index in [2.05, 4.69) is 4.98 Å². The minimum absolute atomic E-state index is 0.00255. The van der Waals surface area contributed by atoms with Crippen molar-refractivity contribution in [3.05, 3.63) is 112 Å². The number of benzene rings is 3. The van der Waals surface area contributed by atoms with E-state index >= 15 is 0 Å². The topological polar surface area (TPSA) is 141 Å². The van der Waals surface area contributed by atoms with Gasteiger partial charge in [-0.3, -0.25) is 34.4 Å². The Balaban J connectivity index is 0.000000172. The number of thiazole rings is 2. The first-order valence-electron chi connectivity index (χ1n) is 9.41. The average Bonchev–Trinajstić information content (AvgIpc) is 3.32. The van der Waals surface area contributed by atoms with Crippen molar-refractivity contribution >= 4 is 54.5 Å². The second-order valence-corrected chi connectivity index (χ2v) is 8.81. The molecule has 0 aliphatic carbocycles. The van der Waals surface area contributed by atoms with Gasteiger partial charge in [0.05, 0.1) is 36.8 Å². The number of fused-ring (bicyclic) bond motifs is 2. The SMILES string of the molecule is O=c1[nH]c2ccc([N+](=O)[O-])cc2s1.O=c1sc2cc([N+](=O)[O-])ccc2n1Cc1ccccc1. The van der Waals surface area contributed by atoms with Crippen molar-refractivity contribution in [2.75, 3.05) is 0 Å². The molecule has 0 saturated carbocycles. The van der Waals surface area contributed by atoms with Gasteiger partial charge in [0.2, 0.25) is 0 Å². The van der Waals surface area contributed by atoms with E-state index in [0.29, 0.717) is 21.5 Å². The van der Waals surface area contributed by atoms with Gasteiger partial charge in [0, 0.05) is 24.3 Å². The van der Waals surface area contributed by atoms with Gasteiger partial charge in [0.25, 0.3) is 11.4 Å². The first-order valence-corrected chi connectivity index (χ1v) is 11.0. The second-order valence-electron chi connectivity index (χ2n) is 6.80.